The van der Waals surface area contributed by atoms with Crippen molar-refractivity contribution in [3.63, 3.8) is 0 Å². The van der Waals surface area contributed by atoms with Crippen LogP contribution in [0.2, 0.25) is 0 Å². The molecule has 0 heterocycles. The van der Waals surface area contributed by atoms with Crippen LogP contribution in [0.5, 0.6) is 0 Å². The van der Waals surface area contributed by atoms with E-state index in [4.69, 9.17) is 5.73 Å². The van der Waals surface area contributed by atoms with Crippen LogP contribution in [0.25, 0.3) is 0 Å². The number of nitrogen functional groups attached to an aromatic ring is 1. The molecule has 0 saturated carbocycles. The summed E-state index contributed by atoms with van der Waals surface area (Å²) < 4.78 is 48.0. The summed E-state index contributed by atoms with van der Waals surface area (Å²) in [6.07, 6.45) is 0. The number of rotatable bonds is 4. The Morgan fingerprint density at radius 2 is 1.81 bits per heavy atom. The summed E-state index contributed by atoms with van der Waals surface area (Å²) >= 11 is 0. The van der Waals surface area contributed by atoms with Gasteiger partial charge in [0.05, 0.1) is 5.69 Å². The van der Waals surface area contributed by atoms with Gasteiger partial charge in [0.2, 0.25) is 0 Å². The molecule has 0 amide bonds. The second-order valence-electron chi connectivity index (χ2n) is 3.06. The molecule has 0 aliphatic carbocycles. The Kier molecular flexibility index (Phi) is 3.69. The lowest BCUT2D eigenvalue weighted by molar-refractivity contribution is 0.234. The van der Waals surface area contributed by atoms with E-state index in [2.05, 4.69) is 0 Å². The van der Waals surface area contributed by atoms with Crippen molar-refractivity contribution in [2.24, 2.45) is 0 Å². The highest BCUT2D eigenvalue weighted by Crippen LogP contribution is 2.22. The Labute approximate surface area is 92.7 Å². The third-order valence-electron chi connectivity index (χ3n) is 2.00. The lowest BCUT2D eigenvalue weighted by Crippen LogP contribution is -2.35. The highest BCUT2D eigenvalue weighted by molar-refractivity contribution is 7.93. The van der Waals surface area contributed by atoms with E-state index in [0.717, 1.165) is 0 Å². The monoisotopic (exact) mass is 250 g/mol. The van der Waals surface area contributed by atoms with Gasteiger partial charge in [-0.05, 0) is 31.2 Å². The number of halogens is 2. The van der Waals surface area contributed by atoms with E-state index in [1.54, 1.807) is 0 Å². The van der Waals surface area contributed by atoms with Gasteiger partial charge in [0.1, 0.15) is 0 Å². The third kappa shape index (κ3) is 2.41. The lowest BCUT2D eigenvalue weighted by Gasteiger charge is -2.22. The van der Waals surface area contributed by atoms with Gasteiger partial charge in [0.15, 0.2) is 0 Å². The Balaban J connectivity index is 3.13. The molecule has 0 aromatic heterocycles. The van der Waals surface area contributed by atoms with E-state index in [0.29, 0.717) is 9.99 Å². The fraction of sp³-hybridized carbons (Fsp3) is 0.333. The maximum atomic E-state index is 12.4. The van der Waals surface area contributed by atoms with Crippen molar-refractivity contribution in [2.75, 3.05) is 16.6 Å². The Hall–Kier alpha value is -1.37. The topological polar surface area (TPSA) is 63.4 Å². The first-order valence-electron chi connectivity index (χ1n) is 4.55. The molecule has 0 aliphatic rings. The molecule has 1 rings (SSSR count). The first-order valence-corrected chi connectivity index (χ1v) is 6.05. The Morgan fingerprint density at radius 3 is 2.19 bits per heavy atom. The van der Waals surface area contributed by atoms with Crippen molar-refractivity contribution in [1.82, 2.24) is 0 Å². The van der Waals surface area contributed by atoms with E-state index in [1.165, 1.54) is 31.2 Å². The number of anilines is 2. The van der Waals surface area contributed by atoms with Crippen LogP contribution in [0.3, 0.4) is 0 Å². The van der Waals surface area contributed by atoms with Gasteiger partial charge in [-0.1, -0.05) is 0 Å². The van der Waals surface area contributed by atoms with Gasteiger partial charge in [-0.3, -0.25) is 4.31 Å². The zero-order valence-corrected chi connectivity index (χ0v) is 9.42. The SMILES string of the molecule is CCN(c1ccc(N)cc1)S(=O)(=O)C(F)F. The van der Waals surface area contributed by atoms with Crippen LogP contribution in [0.4, 0.5) is 20.2 Å². The van der Waals surface area contributed by atoms with Gasteiger partial charge >= 0.3 is 5.76 Å². The summed E-state index contributed by atoms with van der Waals surface area (Å²) in [6, 6.07) is 5.69. The summed E-state index contributed by atoms with van der Waals surface area (Å²) in [5.74, 6) is -3.43. The molecular weight excluding hydrogens is 238 g/mol. The van der Waals surface area contributed by atoms with Crippen molar-refractivity contribution >= 4 is 21.4 Å². The maximum Gasteiger partial charge on any atom is 0.355 e. The predicted molar refractivity (Wildman–Crippen MR) is 58.8 cm³/mol. The van der Waals surface area contributed by atoms with E-state index < -0.39 is 15.8 Å². The summed E-state index contributed by atoms with van der Waals surface area (Å²) in [6.45, 7) is 1.42. The average molecular weight is 250 g/mol. The van der Waals surface area contributed by atoms with Crippen LogP contribution in [0, 0.1) is 0 Å². The summed E-state index contributed by atoms with van der Waals surface area (Å²) in [5, 5.41) is 0. The minimum Gasteiger partial charge on any atom is -0.399 e. The van der Waals surface area contributed by atoms with Crippen molar-refractivity contribution in [3.05, 3.63) is 24.3 Å². The molecule has 0 bridgehead atoms. The first-order chi connectivity index (χ1) is 7.39. The Morgan fingerprint density at radius 1 is 1.31 bits per heavy atom. The smallest absolute Gasteiger partial charge is 0.355 e. The minimum atomic E-state index is -4.60. The second-order valence-corrected chi connectivity index (χ2v) is 4.89. The van der Waals surface area contributed by atoms with Crippen LogP contribution in [-0.2, 0) is 10.0 Å². The number of benzene rings is 1. The Bertz CT molecular complexity index is 445. The lowest BCUT2D eigenvalue weighted by atomic mass is 10.3. The molecule has 2 N–H and O–H groups in total. The maximum absolute atomic E-state index is 12.4. The molecule has 1 aromatic rings. The fourth-order valence-corrected chi connectivity index (χ4v) is 2.21. The van der Waals surface area contributed by atoms with Crippen LogP contribution < -0.4 is 10.0 Å². The van der Waals surface area contributed by atoms with E-state index in [9.17, 15) is 17.2 Å². The number of hydrogen-bond donors (Lipinski definition) is 1. The molecule has 0 unspecified atom stereocenters. The van der Waals surface area contributed by atoms with Crippen molar-refractivity contribution in [2.45, 2.75) is 12.7 Å². The van der Waals surface area contributed by atoms with Gasteiger partial charge in [0, 0.05) is 12.2 Å². The van der Waals surface area contributed by atoms with E-state index in [1.807, 2.05) is 0 Å². The third-order valence-corrected chi connectivity index (χ3v) is 3.53. The van der Waals surface area contributed by atoms with Crippen molar-refractivity contribution < 1.29 is 17.2 Å². The second kappa shape index (κ2) is 4.65. The molecule has 0 aliphatic heterocycles. The van der Waals surface area contributed by atoms with Gasteiger partial charge < -0.3 is 5.73 Å². The van der Waals surface area contributed by atoms with Gasteiger partial charge in [-0.25, -0.2) is 8.42 Å². The fourth-order valence-electron chi connectivity index (χ4n) is 1.25. The summed E-state index contributed by atoms with van der Waals surface area (Å²) in [7, 11) is -4.60. The molecule has 4 nitrogen and oxygen atoms in total. The highest BCUT2D eigenvalue weighted by Gasteiger charge is 2.31. The van der Waals surface area contributed by atoms with Gasteiger partial charge in [-0.2, -0.15) is 8.78 Å². The standard InChI is InChI=1S/C9H12F2N2O2S/c1-2-13(16(14,15)9(10)11)8-5-3-7(12)4-6-8/h3-6,9H,2,12H2,1H3. The van der Waals surface area contributed by atoms with E-state index >= 15 is 0 Å². The zero-order valence-electron chi connectivity index (χ0n) is 8.60. The van der Waals surface area contributed by atoms with E-state index in [-0.39, 0.29) is 12.2 Å². The molecule has 0 radical (unpaired) electrons. The number of alkyl halides is 2. The quantitative estimate of drug-likeness (QED) is 0.826. The van der Waals surface area contributed by atoms with Gasteiger partial charge in [-0.15, -0.1) is 0 Å². The largest absolute Gasteiger partial charge is 0.399 e. The molecule has 0 spiro atoms. The summed E-state index contributed by atoms with van der Waals surface area (Å²) in [4.78, 5) is 0. The molecule has 1 aromatic carbocycles. The van der Waals surface area contributed by atoms with Crippen LogP contribution >= 0.6 is 0 Å². The van der Waals surface area contributed by atoms with Gasteiger partial charge in [0.25, 0.3) is 10.0 Å². The number of sulfonamides is 1. The molecule has 0 fully saturated rings. The average Bonchev–Trinajstić information content (AvgIpc) is 2.21. The molecule has 7 heteroatoms. The molecule has 0 atom stereocenters. The highest BCUT2D eigenvalue weighted by atomic mass is 32.2. The predicted octanol–water partition coefficient (Wildman–Crippen LogP) is 1.65. The van der Waals surface area contributed by atoms with Crippen LogP contribution in [0.1, 0.15) is 6.92 Å². The molecule has 90 valence electrons. The normalized spacial score (nSPS) is 11.8. The molecule has 0 saturated heterocycles. The summed E-state index contributed by atoms with van der Waals surface area (Å²) in [5.41, 5.74) is 6.04. The molecule has 16 heavy (non-hydrogen) atoms. The van der Waals surface area contributed by atoms with Crippen molar-refractivity contribution in [3.8, 4) is 0 Å². The first kappa shape index (κ1) is 12.7. The number of nitrogens with zero attached hydrogens (tertiary/aromatic N) is 1. The minimum absolute atomic E-state index is 0.0589. The van der Waals surface area contributed by atoms with Crippen LogP contribution in [0.15, 0.2) is 24.3 Å². The zero-order chi connectivity index (χ0) is 12.3. The molecular formula is C9H12F2N2O2S. The van der Waals surface area contributed by atoms with Crippen molar-refractivity contribution in [1.29, 1.82) is 0 Å². The number of hydrogen-bond acceptors (Lipinski definition) is 3. The van der Waals surface area contributed by atoms with Crippen LogP contribution in [-0.4, -0.2) is 20.7 Å². The number of nitrogens with two attached hydrogens (primary N) is 1.